The van der Waals surface area contributed by atoms with E-state index < -0.39 is 0 Å². The molecule has 0 saturated carbocycles. The van der Waals surface area contributed by atoms with Gasteiger partial charge in [-0.05, 0) is 56.7 Å². The topological polar surface area (TPSA) is 26.7 Å². The van der Waals surface area contributed by atoms with Crippen LogP contribution in [0.3, 0.4) is 0 Å². The predicted octanol–water partition coefficient (Wildman–Crippen LogP) is 1.85. The maximum atomic E-state index is 13.5. The lowest BCUT2D eigenvalue weighted by molar-refractivity contribution is 0.252. The first-order valence-electron chi connectivity index (χ1n) is 6.42. The van der Waals surface area contributed by atoms with Crippen molar-refractivity contribution >= 4 is 5.69 Å². The van der Waals surface area contributed by atoms with Crippen molar-refractivity contribution < 1.29 is 9.50 Å². The molecule has 0 bridgehead atoms. The molecular weight excluding hydrogens is 231 g/mol. The van der Waals surface area contributed by atoms with E-state index >= 15 is 0 Å². The molecule has 4 heteroatoms. The highest BCUT2D eigenvalue weighted by molar-refractivity contribution is 5.49. The molecule has 1 heterocycles. The van der Waals surface area contributed by atoms with Crippen molar-refractivity contribution in [3.05, 3.63) is 29.6 Å². The number of likely N-dealkylation sites (tertiary alicyclic amines) is 1. The molecule has 0 atom stereocenters. The van der Waals surface area contributed by atoms with Gasteiger partial charge in [-0.3, -0.25) is 0 Å². The van der Waals surface area contributed by atoms with Gasteiger partial charge in [-0.2, -0.15) is 0 Å². The van der Waals surface area contributed by atoms with Crippen LogP contribution in [0.4, 0.5) is 10.1 Å². The first kappa shape index (κ1) is 13.3. The molecule has 2 rings (SSSR count). The van der Waals surface area contributed by atoms with Crippen LogP contribution in [-0.4, -0.2) is 43.2 Å². The Labute approximate surface area is 108 Å². The average Bonchev–Trinajstić information content (AvgIpc) is 2.38. The van der Waals surface area contributed by atoms with Gasteiger partial charge in [0.25, 0.3) is 0 Å². The number of rotatable bonds is 3. The Kier molecular flexibility index (Phi) is 4.19. The molecule has 1 saturated heterocycles. The molecule has 1 N–H and O–H groups in total. The third-order valence-corrected chi connectivity index (χ3v) is 3.77. The van der Waals surface area contributed by atoms with Crippen molar-refractivity contribution in [1.29, 1.82) is 0 Å². The molecule has 0 aromatic heterocycles. The fourth-order valence-corrected chi connectivity index (χ4v) is 2.52. The number of anilines is 1. The number of nitrogens with zero attached hydrogens (tertiary/aromatic N) is 2. The van der Waals surface area contributed by atoms with E-state index in [2.05, 4.69) is 16.8 Å². The summed E-state index contributed by atoms with van der Waals surface area (Å²) in [7, 11) is 4.13. The highest BCUT2D eigenvalue weighted by Crippen LogP contribution is 2.23. The van der Waals surface area contributed by atoms with Gasteiger partial charge in [0.2, 0.25) is 0 Å². The summed E-state index contributed by atoms with van der Waals surface area (Å²) in [5.41, 5.74) is 1.48. The van der Waals surface area contributed by atoms with Crippen LogP contribution in [0.2, 0.25) is 0 Å². The average molecular weight is 252 g/mol. The van der Waals surface area contributed by atoms with Gasteiger partial charge >= 0.3 is 0 Å². The van der Waals surface area contributed by atoms with Gasteiger partial charge in [-0.25, -0.2) is 4.39 Å². The molecule has 1 aromatic carbocycles. The molecule has 0 unspecified atom stereocenters. The summed E-state index contributed by atoms with van der Waals surface area (Å²) in [6.45, 7) is 2.04. The number of piperidine rings is 1. The second kappa shape index (κ2) is 5.67. The van der Waals surface area contributed by atoms with Gasteiger partial charge in [0.05, 0.1) is 6.61 Å². The van der Waals surface area contributed by atoms with E-state index in [-0.39, 0.29) is 12.4 Å². The third-order valence-electron chi connectivity index (χ3n) is 3.77. The Balaban J connectivity index is 2.12. The fraction of sp³-hybridized carbons (Fsp3) is 0.571. The molecule has 0 spiro atoms. The number of halogens is 1. The highest BCUT2D eigenvalue weighted by Gasteiger charge is 2.21. The van der Waals surface area contributed by atoms with E-state index in [1.807, 2.05) is 13.1 Å². The lowest BCUT2D eigenvalue weighted by atomic mass is 10.0. The van der Waals surface area contributed by atoms with Gasteiger partial charge in [0, 0.05) is 18.8 Å². The minimum Gasteiger partial charge on any atom is -0.392 e. The summed E-state index contributed by atoms with van der Waals surface area (Å²) in [5.74, 6) is -0.281. The molecular formula is C14H21FN2O. The normalized spacial score (nSPS) is 18.0. The Morgan fingerprint density at radius 2 is 2.00 bits per heavy atom. The smallest absolute Gasteiger partial charge is 0.125 e. The predicted molar refractivity (Wildman–Crippen MR) is 71.2 cm³/mol. The first-order valence-corrected chi connectivity index (χ1v) is 6.42. The molecule has 1 fully saturated rings. The zero-order valence-corrected chi connectivity index (χ0v) is 11.1. The third kappa shape index (κ3) is 3.00. The van der Waals surface area contributed by atoms with Crippen molar-refractivity contribution in [3.63, 3.8) is 0 Å². The zero-order valence-electron chi connectivity index (χ0n) is 11.1. The van der Waals surface area contributed by atoms with Crippen LogP contribution < -0.4 is 4.90 Å². The molecule has 1 aliphatic heterocycles. The lowest BCUT2D eigenvalue weighted by Crippen LogP contribution is -2.42. The van der Waals surface area contributed by atoms with Gasteiger partial charge in [0.15, 0.2) is 0 Å². The maximum absolute atomic E-state index is 13.5. The van der Waals surface area contributed by atoms with Crippen molar-refractivity contribution in [2.45, 2.75) is 25.5 Å². The minimum absolute atomic E-state index is 0.119. The monoisotopic (exact) mass is 252 g/mol. The van der Waals surface area contributed by atoms with Crippen LogP contribution in [0.1, 0.15) is 18.4 Å². The molecule has 1 aliphatic rings. The molecule has 100 valence electrons. The number of hydrogen-bond acceptors (Lipinski definition) is 3. The summed E-state index contributed by atoms with van der Waals surface area (Å²) in [4.78, 5) is 4.45. The molecule has 18 heavy (non-hydrogen) atoms. The number of aliphatic hydroxyl groups is 1. The summed E-state index contributed by atoms with van der Waals surface area (Å²) in [6, 6.07) is 5.24. The summed E-state index contributed by atoms with van der Waals surface area (Å²) < 4.78 is 13.5. The second-order valence-corrected chi connectivity index (χ2v) is 5.12. The SMILES string of the molecule is CN1CCC(N(C)c2cc(F)cc(CO)c2)CC1. The lowest BCUT2D eigenvalue weighted by Gasteiger charge is -2.36. The van der Waals surface area contributed by atoms with Gasteiger partial charge < -0.3 is 14.9 Å². The standard InChI is InChI=1S/C14H21FN2O/c1-16-5-3-13(4-6-16)17(2)14-8-11(10-18)7-12(15)9-14/h7-9,13,18H,3-6,10H2,1-2H3. The van der Waals surface area contributed by atoms with Crippen molar-refractivity contribution in [2.24, 2.45) is 0 Å². The van der Waals surface area contributed by atoms with Gasteiger partial charge in [0.1, 0.15) is 5.82 Å². The van der Waals surface area contributed by atoms with Crippen LogP contribution in [0.5, 0.6) is 0 Å². The first-order chi connectivity index (χ1) is 8.60. The van der Waals surface area contributed by atoms with Crippen LogP contribution in [0.25, 0.3) is 0 Å². The van der Waals surface area contributed by atoms with Crippen molar-refractivity contribution in [2.75, 3.05) is 32.1 Å². The van der Waals surface area contributed by atoms with Gasteiger partial charge in [-0.15, -0.1) is 0 Å². The number of hydrogen-bond donors (Lipinski definition) is 1. The second-order valence-electron chi connectivity index (χ2n) is 5.12. The van der Waals surface area contributed by atoms with Crippen LogP contribution in [0, 0.1) is 5.82 Å². The molecule has 3 nitrogen and oxygen atoms in total. The van der Waals surface area contributed by atoms with Crippen LogP contribution >= 0.6 is 0 Å². The molecule has 0 radical (unpaired) electrons. The van der Waals surface area contributed by atoms with Crippen LogP contribution in [-0.2, 0) is 6.61 Å². The Morgan fingerprint density at radius 3 is 2.61 bits per heavy atom. The van der Waals surface area contributed by atoms with E-state index in [0.717, 1.165) is 31.6 Å². The van der Waals surface area contributed by atoms with E-state index in [4.69, 9.17) is 5.11 Å². The summed E-state index contributed by atoms with van der Waals surface area (Å²) in [5, 5.41) is 9.12. The van der Waals surface area contributed by atoms with E-state index in [9.17, 15) is 4.39 Å². The minimum atomic E-state index is -0.281. The zero-order chi connectivity index (χ0) is 13.1. The highest BCUT2D eigenvalue weighted by atomic mass is 19.1. The maximum Gasteiger partial charge on any atom is 0.125 e. The Morgan fingerprint density at radius 1 is 1.33 bits per heavy atom. The van der Waals surface area contributed by atoms with Crippen LogP contribution in [0.15, 0.2) is 18.2 Å². The quantitative estimate of drug-likeness (QED) is 0.889. The number of aliphatic hydroxyl groups excluding tert-OH is 1. The van der Waals surface area contributed by atoms with Crippen molar-refractivity contribution in [3.8, 4) is 0 Å². The molecule has 0 amide bonds. The molecule has 1 aromatic rings. The summed E-state index contributed by atoms with van der Waals surface area (Å²) >= 11 is 0. The molecule has 0 aliphatic carbocycles. The number of benzene rings is 1. The largest absolute Gasteiger partial charge is 0.392 e. The van der Waals surface area contributed by atoms with E-state index in [1.165, 1.54) is 12.1 Å². The summed E-state index contributed by atoms with van der Waals surface area (Å²) in [6.07, 6.45) is 2.19. The Bertz CT molecular complexity index is 403. The van der Waals surface area contributed by atoms with Gasteiger partial charge in [-0.1, -0.05) is 0 Å². The fourth-order valence-electron chi connectivity index (χ4n) is 2.52. The van der Waals surface area contributed by atoms with E-state index in [1.54, 1.807) is 0 Å². The Hall–Kier alpha value is -1.13. The van der Waals surface area contributed by atoms with Crippen molar-refractivity contribution in [1.82, 2.24) is 4.90 Å². The van der Waals surface area contributed by atoms with E-state index in [0.29, 0.717) is 11.6 Å².